The fraction of sp³-hybridized carbons (Fsp3) is 0.750. The summed E-state index contributed by atoms with van der Waals surface area (Å²) in [6.07, 6.45) is 6.95. The second-order valence-corrected chi connectivity index (χ2v) is 6.69. The van der Waals surface area contributed by atoms with Crippen LogP contribution >= 0.6 is 11.3 Å². The van der Waals surface area contributed by atoms with Crippen LogP contribution in [0.3, 0.4) is 0 Å². The number of nitrogens with zero attached hydrogens (tertiary/aromatic N) is 1. The van der Waals surface area contributed by atoms with Crippen molar-refractivity contribution < 1.29 is 5.11 Å². The van der Waals surface area contributed by atoms with Crippen LogP contribution in [0, 0.1) is 17.8 Å². The normalized spacial score (nSPS) is 44.1. The van der Waals surface area contributed by atoms with Crippen LogP contribution in [0.4, 0.5) is 5.13 Å². The molecule has 0 spiro atoms. The van der Waals surface area contributed by atoms with Gasteiger partial charge >= 0.3 is 0 Å². The second kappa shape index (κ2) is 2.92. The molecule has 1 heterocycles. The molecular weight excluding hydrogens is 220 g/mol. The zero-order chi connectivity index (χ0) is 10.8. The highest BCUT2D eigenvalue weighted by Gasteiger charge is 2.57. The lowest BCUT2D eigenvalue weighted by molar-refractivity contribution is 0.274. The zero-order valence-electron chi connectivity index (χ0n) is 9.15. The van der Waals surface area contributed by atoms with E-state index in [1.54, 1.807) is 5.38 Å². The van der Waals surface area contributed by atoms with Crippen molar-refractivity contribution in [1.29, 1.82) is 0 Å². The van der Waals surface area contributed by atoms with E-state index in [2.05, 4.69) is 10.3 Å². The molecule has 4 fully saturated rings. The summed E-state index contributed by atoms with van der Waals surface area (Å²) in [7, 11) is 0. The average Bonchev–Trinajstić information content (AvgIpc) is 2.78. The SMILES string of the molecule is Oc1csc(NC23CC4CC(CC2C4)C3)n1. The third kappa shape index (κ3) is 1.16. The van der Waals surface area contributed by atoms with Gasteiger partial charge in [0.05, 0.1) is 5.38 Å². The number of aromatic nitrogens is 1. The summed E-state index contributed by atoms with van der Waals surface area (Å²) < 4.78 is 0. The lowest BCUT2D eigenvalue weighted by Crippen LogP contribution is -2.39. The Balaban J connectivity index is 1.63. The van der Waals surface area contributed by atoms with E-state index in [9.17, 15) is 5.11 Å². The van der Waals surface area contributed by atoms with Crippen molar-refractivity contribution in [1.82, 2.24) is 4.98 Å². The minimum Gasteiger partial charge on any atom is -0.493 e. The lowest BCUT2D eigenvalue weighted by Gasteiger charge is -2.33. The summed E-state index contributed by atoms with van der Waals surface area (Å²) in [5, 5.41) is 15.5. The van der Waals surface area contributed by atoms with E-state index in [1.807, 2.05) is 0 Å². The van der Waals surface area contributed by atoms with Gasteiger partial charge in [-0.05, 0) is 49.9 Å². The number of rotatable bonds is 2. The molecule has 0 amide bonds. The predicted molar refractivity (Wildman–Crippen MR) is 63.7 cm³/mol. The van der Waals surface area contributed by atoms with E-state index in [0.717, 1.165) is 22.9 Å². The molecule has 86 valence electrons. The first-order valence-electron chi connectivity index (χ1n) is 6.16. The van der Waals surface area contributed by atoms with Gasteiger partial charge in [0.25, 0.3) is 0 Å². The maximum absolute atomic E-state index is 9.29. The Bertz CT molecular complexity index is 416. The Morgan fingerprint density at radius 3 is 2.69 bits per heavy atom. The largest absolute Gasteiger partial charge is 0.493 e. The van der Waals surface area contributed by atoms with E-state index >= 15 is 0 Å². The minimum absolute atomic E-state index is 0.154. The Labute approximate surface area is 98.9 Å². The van der Waals surface area contributed by atoms with Gasteiger partial charge in [-0.2, -0.15) is 4.98 Å². The fourth-order valence-electron chi connectivity index (χ4n) is 4.54. The topological polar surface area (TPSA) is 45.1 Å². The first-order valence-corrected chi connectivity index (χ1v) is 7.04. The summed E-state index contributed by atoms with van der Waals surface area (Å²) in [5.74, 6) is 2.93. The molecule has 0 saturated heterocycles. The van der Waals surface area contributed by atoms with E-state index in [-0.39, 0.29) is 5.88 Å². The first-order chi connectivity index (χ1) is 7.73. The van der Waals surface area contributed by atoms with Gasteiger partial charge < -0.3 is 10.4 Å². The van der Waals surface area contributed by atoms with Gasteiger partial charge in [0, 0.05) is 5.54 Å². The molecule has 16 heavy (non-hydrogen) atoms. The Hall–Kier alpha value is -0.770. The molecule has 5 rings (SSSR count). The van der Waals surface area contributed by atoms with Crippen molar-refractivity contribution in [3.8, 4) is 5.88 Å². The Kier molecular flexibility index (Phi) is 1.69. The predicted octanol–water partition coefficient (Wildman–Crippen LogP) is 2.84. The van der Waals surface area contributed by atoms with E-state index in [0.29, 0.717) is 5.54 Å². The molecule has 4 aliphatic rings. The molecule has 2 unspecified atom stereocenters. The molecule has 0 aromatic carbocycles. The van der Waals surface area contributed by atoms with Gasteiger partial charge in [-0.3, -0.25) is 0 Å². The molecule has 2 atom stereocenters. The number of thiazole rings is 1. The highest BCUT2D eigenvalue weighted by molar-refractivity contribution is 7.13. The quantitative estimate of drug-likeness (QED) is 0.830. The molecular formula is C12H16N2OS. The maximum Gasteiger partial charge on any atom is 0.223 e. The smallest absolute Gasteiger partial charge is 0.223 e. The monoisotopic (exact) mass is 236 g/mol. The maximum atomic E-state index is 9.29. The highest BCUT2D eigenvalue weighted by atomic mass is 32.1. The Morgan fingerprint density at radius 1 is 1.31 bits per heavy atom. The second-order valence-electron chi connectivity index (χ2n) is 5.84. The standard InChI is InChI=1S/C12H16N2OS/c15-10-6-16-11(13-10)14-12-4-7-1-8(5-12)3-9(12)2-7/h6-9,15H,1-5H2,(H,13,14). The lowest BCUT2D eigenvalue weighted by atomic mass is 9.80. The van der Waals surface area contributed by atoms with Crippen LogP contribution in [0.1, 0.15) is 32.1 Å². The van der Waals surface area contributed by atoms with Crippen molar-refractivity contribution in [2.45, 2.75) is 37.6 Å². The third-order valence-corrected chi connectivity index (χ3v) is 5.58. The van der Waals surface area contributed by atoms with Crippen molar-refractivity contribution in [2.24, 2.45) is 17.8 Å². The van der Waals surface area contributed by atoms with Crippen LogP contribution in [0.25, 0.3) is 0 Å². The number of nitrogens with one attached hydrogen (secondary N) is 1. The van der Waals surface area contributed by atoms with E-state index in [1.165, 1.54) is 43.4 Å². The van der Waals surface area contributed by atoms with Gasteiger partial charge in [-0.1, -0.05) is 0 Å². The summed E-state index contributed by atoms with van der Waals surface area (Å²) >= 11 is 1.52. The van der Waals surface area contributed by atoms with Gasteiger partial charge in [-0.15, -0.1) is 11.3 Å². The fourth-order valence-corrected chi connectivity index (χ4v) is 5.21. The van der Waals surface area contributed by atoms with Gasteiger partial charge in [0.2, 0.25) is 5.88 Å². The summed E-state index contributed by atoms with van der Waals surface area (Å²) in [6, 6.07) is 0. The molecule has 3 nitrogen and oxygen atoms in total. The van der Waals surface area contributed by atoms with Crippen LogP contribution in [-0.4, -0.2) is 15.6 Å². The van der Waals surface area contributed by atoms with Crippen molar-refractivity contribution in [3.63, 3.8) is 0 Å². The molecule has 1 aromatic rings. The zero-order valence-corrected chi connectivity index (χ0v) is 9.96. The van der Waals surface area contributed by atoms with Gasteiger partial charge in [-0.25, -0.2) is 0 Å². The van der Waals surface area contributed by atoms with Crippen molar-refractivity contribution in [3.05, 3.63) is 5.38 Å². The first kappa shape index (κ1) is 9.28. The molecule has 0 aliphatic heterocycles. The van der Waals surface area contributed by atoms with Gasteiger partial charge in [0.15, 0.2) is 5.13 Å². The molecule has 0 radical (unpaired) electrons. The summed E-state index contributed by atoms with van der Waals surface area (Å²) in [6.45, 7) is 0. The minimum atomic E-state index is 0.154. The molecule has 4 saturated carbocycles. The number of hydrogen-bond acceptors (Lipinski definition) is 4. The molecule has 4 heteroatoms. The molecule has 4 aliphatic carbocycles. The van der Waals surface area contributed by atoms with E-state index in [4.69, 9.17) is 0 Å². The van der Waals surface area contributed by atoms with Crippen LogP contribution < -0.4 is 5.32 Å². The molecule has 4 bridgehead atoms. The average molecular weight is 236 g/mol. The molecule has 2 N–H and O–H groups in total. The van der Waals surface area contributed by atoms with E-state index < -0.39 is 0 Å². The van der Waals surface area contributed by atoms with Crippen LogP contribution in [0.15, 0.2) is 5.38 Å². The van der Waals surface area contributed by atoms with Crippen LogP contribution in [0.5, 0.6) is 5.88 Å². The summed E-state index contributed by atoms with van der Waals surface area (Å²) in [4.78, 5) is 4.13. The van der Waals surface area contributed by atoms with Crippen molar-refractivity contribution in [2.75, 3.05) is 5.32 Å². The van der Waals surface area contributed by atoms with Crippen LogP contribution in [0.2, 0.25) is 0 Å². The molecule has 1 aromatic heterocycles. The Morgan fingerprint density at radius 2 is 2.06 bits per heavy atom. The number of hydrogen-bond donors (Lipinski definition) is 2. The number of aromatic hydroxyl groups is 1. The van der Waals surface area contributed by atoms with Gasteiger partial charge in [0.1, 0.15) is 0 Å². The summed E-state index contributed by atoms with van der Waals surface area (Å²) in [5.41, 5.74) is 0.331. The van der Waals surface area contributed by atoms with Crippen molar-refractivity contribution >= 4 is 16.5 Å². The highest BCUT2D eigenvalue weighted by Crippen LogP contribution is 2.61. The van der Waals surface area contributed by atoms with Crippen LogP contribution in [-0.2, 0) is 0 Å². The third-order valence-electron chi connectivity index (χ3n) is 4.84. The number of anilines is 1.